The Balaban J connectivity index is 1.80. The normalized spacial score (nSPS) is 10.3. The van der Waals surface area contributed by atoms with Gasteiger partial charge in [0.25, 0.3) is 0 Å². The van der Waals surface area contributed by atoms with Crippen molar-refractivity contribution in [3.05, 3.63) is 90.0 Å². The molecule has 6 heteroatoms. The van der Waals surface area contributed by atoms with Gasteiger partial charge < -0.3 is 16.8 Å². The second-order valence-electron chi connectivity index (χ2n) is 6.27. The number of benzene rings is 3. The van der Waals surface area contributed by atoms with Gasteiger partial charge >= 0.3 is 11.8 Å². The summed E-state index contributed by atoms with van der Waals surface area (Å²) in [6, 6.07) is 23.4. The summed E-state index contributed by atoms with van der Waals surface area (Å²) in [4.78, 5) is 26.9. The SMILES string of the molecule is NCc1cccc(CNC(=O)C(=O)N(c2ccccc2)c2ccc(N)cc2)c1. The number of anilines is 3. The van der Waals surface area contributed by atoms with Crippen molar-refractivity contribution in [3.63, 3.8) is 0 Å². The molecule has 3 aromatic rings. The zero-order valence-electron chi connectivity index (χ0n) is 15.3. The third-order valence-electron chi connectivity index (χ3n) is 4.24. The van der Waals surface area contributed by atoms with Crippen molar-refractivity contribution in [2.75, 3.05) is 10.6 Å². The third kappa shape index (κ3) is 4.55. The van der Waals surface area contributed by atoms with Crippen LogP contribution in [-0.2, 0) is 22.7 Å². The number of hydrogen-bond donors (Lipinski definition) is 3. The van der Waals surface area contributed by atoms with Gasteiger partial charge in [0.1, 0.15) is 0 Å². The molecule has 2 amide bonds. The van der Waals surface area contributed by atoms with Crippen molar-refractivity contribution < 1.29 is 9.59 Å². The first-order valence-corrected chi connectivity index (χ1v) is 8.89. The molecule has 0 radical (unpaired) electrons. The summed E-state index contributed by atoms with van der Waals surface area (Å²) in [7, 11) is 0. The Labute approximate surface area is 163 Å². The molecule has 3 aromatic carbocycles. The second-order valence-corrected chi connectivity index (χ2v) is 6.27. The Hall–Kier alpha value is -3.64. The van der Waals surface area contributed by atoms with Crippen LogP contribution in [0.25, 0.3) is 0 Å². The first-order chi connectivity index (χ1) is 13.6. The van der Waals surface area contributed by atoms with Crippen LogP contribution in [0.1, 0.15) is 11.1 Å². The van der Waals surface area contributed by atoms with Crippen LogP contribution < -0.4 is 21.7 Å². The molecule has 0 aliphatic heterocycles. The van der Waals surface area contributed by atoms with Crippen molar-refractivity contribution in [1.82, 2.24) is 5.32 Å². The van der Waals surface area contributed by atoms with Crippen molar-refractivity contribution >= 4 is 28.9 Å². The van der Waals surface area contributed by atoms with Gasteiger partial charge in [-0.25, -0.2) is 0 Å². The van der Waals surface area contributed by atoms with Gasteiger partial charge in [0.2, 0.25) is 0 Å². The summed E-state index contributed by atoms with van der Waals surface area (Å²) in [6.45, 7) is 0.655. The van der Waals surface area contributed by atoms with Gasteiger partial charge in [-0.1, -0.05) is 42.5 Å². The number of para-hydroxylation sites is 1. The van der Waals surface area contributed by atoms with Gasteiger partial charge in [-0.15, -0.1) is 0 Å². The van der Waals surface area contributed by atoms with Gasteiger partial charge in [-0.2, -0.15) is 0 Å². The maximum atomic E-state index is 12.9. The Kier molecular flexibility index (Phi) is 6.04. The molecule has 0 saturated heterocycles. The third-order valence-corrected chi connectivity index (χ3v) is 4.24. The fourth-order valence-corrected chi connectivity index (χ4v) is 2.81. The molecule has 0 aliphatic rings. The van der Waals surface area contributed by atoms with Gasteiger partial charge in [-0.05, 0) is 47.5 Å². The number of carbonyl (C=O) groups excluding carboxylic acids is 2. The summed E-state index contributed by atoms with van der Waals surface area (Å²) >= 11 is 0. The molecule has 0 unspecified atom stereocenters. The van der Waals surface area contributed by atoms with Crippen LogP contribution in [-0.4, -0.2) is 11.8 Å². The molecule has 0 atom stereocenters. The molecule has 0 aliphatic carbocycles. The average molecular weight is 374 g/mol. The molecule has 3 rings (SSSR count). The lowest BCUT2D eigenvalue weighted by Crippen LogP contribution is -2.40. The van der Waals surface area contributed by atoms with E-state index in [0.29, 0.717) is 23.6 Å². The molecule has 5 N–H and O–H groups in total. The molecule has 0 aromatic heterocycles. The Bertz CT molecular complexity index is 956. The van der Waals surface area contributed by atoms with Crippen molar-refractivity contribution in [2.45, 2.75) is 13.1 Å². The van der Waals surface area contributed by atoms with E-state index >= 15 is 0 Å². The number of hydrogen-bond acceptors (Lipinski definition) is 4. The smallest absolute Gasteiger partial charge is 0.320 e. The van der Waals surface area contributed by atoms with E-state index in [9.17, 15) is 9.59 Å². The number of nitrogen functional groups attached to an aromatic ring is 1. The van der Waals surface area contributed by atoms with Crippen LogP contribution in [0, 0.1) is 0 Å². The predicted octanol–water partition coefficient (Wildman–Crippen LogP) is 2.71. The van der Waals surface area contributed by atoms with E-state index in [4.69, 9.17) is 11.5 Å². The monoisotopic (exact) mass is 374 g/mol. The van der Waals surface area contributed by atoms with Crippen LogP contribution in [0.5, 0.6) is 0 Å². The number of amides is 2. The standard InChI is InChI=1S/C22H22N4O2/c23-14-16-5-4-6-17(13-16)15-25-21(27)22(28)26(19-7-2-1-3-8-19)20-11-9-18(24)10-12-20/h1-13H,14-15,23-24H2,(H,25,27). The van der Waals surface area contributed by atoms with Crippen LogP contribution in [0.2, 0.25) is 0 Å². The summed E-state index contributed by atoms with van der Waals surface area (Å²) < 4.78 is 0. The van der Waals surface area contributed by atoms with Crippen LogP contribution in [0.15, 0.2) is 78.9 Å². The van der Waals surface area contributed by atoms with E-state index in [1.807, 2.05) is 42.5 Å². The lowest BCUT2D eigenvalue weighted by Gasteiger charge is -2.22. The van der Waals surface area contributed by atoms with Crippen LogP contribution >= 0.6 is 0 Å². The molecule has 0 spiro atoms. The lowest BCUT2D eigenvalue weighted by molar-refractivity contribution is -0.137. The average Bonchev–Trinajstić information content (AvgIpc) is 2.74. The van der Waals surface area contributed by atoms with Gasteiger partial charge in [0.05, 0.1) is 0 Å². The van der Waals surface area contributed by atoms with Crippen molar-refractivity contribution in [2.24, 2.45) is 5.73 Å². The van der Waals surface area contributed by atoms with Crippen molar-refractivity contribution in [1.29, 1.82) is 0 Å². The summed E-state index contributed by atoms with van der Waals surface area (Å²) in [5, 5.41) is 2.69. The molecule has 0 bridgehead atoms. The second kappa shape index (κ2) is 8.83. The zero-order chi connectivity index (χ0) is 19.9. The van der Waals surface area contributed by atoms with E-state index < -0.39 is 11.8 Å². The molecule has 0 heterocycles. The number of nitrogens with one attached hydrogen (secondary N) is 1. The highest BCUT2D eigenvalue weighted by molar-refractivity contribution is 6.42. The maximum Gasteiger partial charge on any atom is 0.320 e. The van der Waals surface area contributed by atoms with Crippen LogP contribution in [0.4, 0.5) is 17.1 Å². The molecule has 0 fully saturated rings. The minimum atomic E-state index is -0.696. The van der Waals surface area contributed by atoms with E-state index in [1.54, 1.807) is 36.4 Å². The van der Waals surface area contributed by atoms with E-state index in [1.165, 1.54) is 4.90 Å². The number of carbonyl (C=O) groups is 2. The highest BCUT2D eigenvalue weighted by atomic mass is 16.2. The van der Waals surface area contributed by atoms with Crippen molar-refractivity contribution in [3.8, 4) is 0 Å². The molecular weight excluding hydrogens is 352 g/mol. The fraction of sp³-hybridized carbons (Fsp3) is 0.0909. The Morgan fingerprint density at radius 1 is 0.821 bits per heavy atom. The molecular formula is C22H22N4O2. The van der Waals surface area contributed by atoms with E-state index in [2.05, 4.69) is 5.32 Å². The van der Waals surface area contributed by atoms with E-state index in [0.717, 1.165) is 11.1 Å². The topological polar surface area (TPSA) is 101 Å². The summed E-state index contributed by atoms with van der Waals surface area (Å²) in [6.07, 6.45) is 0. The molecule has 142 valence electrons. The summed E-state index contributed by atoms with van der Waals surface area (Å²) in [5.41, 5.74) is 15.0. The predicted molar refractivity (Wildman–Crippen MR) is 111 cm³/mol. The highest BCUT2D eigenvalue weighted by Crippen LogP contribution is 2.26. The zero-order valence-corrected chi connectivity index (χ0v) is 15.3. The minimum absolute atomic E-state index is 0.239. The molecule has 28 heavy (non-hydrogen) atoms. The first kappa shape index (κ1) is 19.1. The van der Waals surface area contributed by atoms with Gasteiger partial charge in [0.15, 0.2) is 0 Å². The summed E-state index contributed by atoms with van der Waals surface area (Å²) in [5.74, 6) is -1.37. The van der Waals surface area contributed by atoms with Crippen LogP contribution in [0.3, 0.4) is 0 Å². The highest BCUT2D eigenvalue weighted by Gasteiger charge is 2.24. The maximum absolute atomic E-state index is 12.9. The number of rotatable bonds is 5. The first-order valence-electron chi connectivity index (χ1n) is 8.89. The Morgan fingerprint density at radius 3 is 2.14 bits per heavy atom. The quantitative estimate of drug-likeness (QED) is 0.472. The lowest BCUT2D eigenvalue weighted by atomic mass is 10.1. The van der Waals surface area contributed by atoms with Gasteiger partial charge in [0, 0.05) is 30.2 Å². The van der Waals surface area contributed by atoms with Gasteiger partial charge in [-0.3, -0.25) is 14.5 Å². The molecule has 0 saturated carbocycles. The number of nitrogens with two attached hydrogens (primary N) is 2. The molecule has 6 nitrogen and oxygen atoms in total. The number of nitrogens with zero attached hydrogens (tertiary/aromatic N) is 1. The Morgan fingerprint density at radius 2 is 1.46 bits per heavy atom. The van der Waals surface area contributed by atoms with E-state index in [-0.39, 0.29) is 6.54 Å². The largest absolute Gasteiger partial charge is 0.399 e. The minimum Gasteiger partial charge on any atom is -0.399 e. The fourth-order valence-electron chi connectivity index (χ4n) is 2.81.